The number of guanidine groups is 1. The molecule has 0 aliphatic heterocycles. The topological polar surface area (TPSA) is 98.0 Å². The standard InChI is InChI=1S/C19H24N4O3.HI/c1-25-13-15-5-3-4-6-17(15)23-19(20)22-12-18(24)21-11-14-7-9-16(26-2)10-8-14;/h3-10H,11-13H2,1-2H3,(H,21,24)(H3,20,22,23);1H. The van der Waals surface area contributed by atoms with E-state index in [-0.39, 0.29) is 42.4 Å². The quantitative estimate of drug-likeness (QED) is 0.304. The third kappa shape index (κ3) is 7.83. The summed E-state index contributed by atoms with van der Waals surface area (Å²) in [5, 5.41) is 5.79. The van der Waals surface area contributed by atoms with E-state index in [1.165, 1.54) is 0 Å². The van der Waals surface area contributed by atoms with Crippen LogP contribution in [0.1, 0.15) is 11.1 Å². The molecule has 2 aromatic carbocycles. The Balaban J connectivity index is 0.00000364. The first-order chi connectivity index (χ1) is 12.6. The van der Waals surface area contributed by atoms with E-state index in [4.69, 9.17) is 15.2 Å². The van der Waals surface area contributed by atoms with Crippen molar-refractivity contribution in [2.24, 2.45) is 10.7 Å². The molecule has 146 valence electrons. The van der Waals surface area contributed by atoms with E-state index in [2.05, 4.69) is 15.6 Å². The molecule has 2 rings (SSSR count). The molecule has 0 atom stereocenters. The first kappa shape index (κ1) is 22.7. The van der Waals surface area contributed by atoms with Crippen LogP contribution in [0.25, 0.3) is 0 Å². The Labute approximate surface area is 176 Å². The van der Waals surface area contributed by atoms with Crippen LogP contribution in [0.3, 0.4) is 0 Å². The van der Waals surface area contributed by atoms with Crippen LogP contribution in [0.15, 0.2) is 53.5 Å². The largest absolute Gasteiger partial charge is 0.497 e. The average molecular weight is 484 g/mol. The maximum absolute atomic E-state index is 11.9. The maximum atomic E-state index is 11.9. The van der Waals surface area contributed by atoms with Gasteiger partial charge in [0, 0.05) is 24.9 Å². The summed E-state index contributed by atoms with van der Waals surface area (Å²) < 4.78 is 10.2. The molecule has 7 nitrogen and oxygen atoms in total. The smallest absolute Gasteiger partial charge is 0.242 e. The number of hydrogen-bond donors (Lipinski definition) is 3. The number of hydrogen-bond acceptors (Lipinski definition) is 4. The first-order valence-corrected chi connectivity index (χ1v) is 8.15. The highest BCUT2D eigenvalue weighted by atomic mass is 127. The lowest BCUT2D eigenvalue weighted by Crippen LogP contribution is -2.29. The molecule has 0 aliphatic carbocycles. The summed E-state index contributed by atoms with van der Waals surface area (Å²) in [4.78, 5) is 16.0. The third-order valence-electron chi connectivity index (χ3n) is 3.62. The third-order valence-corrected chi connectivity index (χ3v) is 3.62. The van der Waals surface area contributed by atoms with E-state index in [1.54, 1.807) is 14.2 Å². The number of nitrogens with two attached hydrogens (primary N) is 1. The number of para-hydroxylation sites is 1. The molecule has 0 saturated carbocycles. The van der Waals surface area contributed by atoms with Gasteiger partial charge >= 0.3 is 0 Å². The van der Waals surface area contributed by atoms with E-state index in [1.807, 2.05) is 48.5 Å². The van der Waals surface area contributed by atoms with Crippen molar-refractivity contribution >= 4 is 41.5 Å². The van der Waals surface area contributed by atoms with Gasteiger partial charge in [0.2, 0.25) is 5.91 Å². The van der Waals surface area contributed by atoms with Crippen molar-refractivity contribution in [3.8, 4) is 5.75 Å². The Bertz CT molecular complexity index is 751. The second-order valence-electron chi connectivity index (χ2n) is 5.54. The summed E-state index contributed by atoms with van der Waals surface area (Å²) in [6.45, 7) is 0.822. The van der Waals surface area contributed by atoms with Crippen molar-refractivity contribution in [2.75, 3.05) is 26.1 Å². The number of aliphatic imine (C=N–C) groups is 1. The number of amides is 1. The van der Waals surface area contributed by atoms with Crippen LogP contribution in [-0.2, 0) is 22.7 Å². The molecule has 8 heteroatoms. The fourth-order valence-electron chi connectivity index (χ4n) is 2.26. The van der Waals surface area contributed by atoms with Crippen LogP contribution in [0, 0.1) is 0 Å². The lowest BCUT2D eigenvalue weighted by atomic mass is 10.2. The number of carbonyl (C=O) groups is 1. The van der Waals surface area contributed by atoms with E-state index in [9.17, 15) is 4.79 Å². The predicted molar refractivity (Wildman–Crippen MR) is 118 cm³/mol. The Kier molecular flexibility index (Phi) is 10.2. The predicted octanol–water partition coefficient (Wildman–Crippen LogP) is 2.50. The normalized spacial score (nSPS) is 10.7. The molecule has 0 bridgehead atoms. The van der Waals surface area contributed by atoms with Crippen molar-refractivity contribution in [2.45, 2.75) is 13.2 Å². The monoisotopic (exact) mass is 484 g/mol. The summed E-state index contributed by atoms with van der Waals surface area (Å²) in [6, 6.07) is 15.1. The summed E-state index contributed by atoms with van der Waals surface area (Å²) in [5.74, 6) is 0.737. The number of ether oxygens (including phenoxy) is 2. The zero-order chi connectivity index (χ0) is 18.8. The molecule has 0 unspecified atom stereocenters. The molecule has 0 aliphatic rings. The second-order valence-corrected chi connectivity index (χ2v) is 5.54. The molecule has 4 N–H and O–H groups in total. The highest BCUT2D eigenvalue weighted by molar-refractivity contribution is 14.0. The van der Waals surface area contributed by atoms with Gasteiger partial charge in [-0.1, -0.05) is 30.3 Å². The number of anilines is 1. The minimum absolute atomic E-state index is 0. The number of rotatable bonds is 8. The van der Waals surface area contributed by atoms with Crippen LogP contribution in [0.2, 0.25) is 0 Å². The molecule has 0 spiro atoms. The second kappa shape index (κ2) is 12.1. The van der Waals surface area contributed by atoms with Crippen molar-refractivity contribution < 1.29 is 14.3 Å². The fraction of sp³-hybridized carbons (Fsp3) is 0.263. The van der Waals surface area contributed by atoms with E-state index in [0.29, 0.717) is 13.2 Å². The highest BCUT2D eigenvalue weighted by Gasteiger charge is 2.04. The van der Waals surface area contributed by atoms with Gasteiger partial charge < -0.3 is 25.8 Å². The summed E-state index contributed by atoms with van der Waals surface area (Å²) in [6.07, 6.45) is 0. The molecule has 0 aromatic heterocycles. The van der Waals surface area contributed by atoms with E-state index >= 15 is 0 Å². The Hall–Kier alpha value is -2.33. The van der Waals surface area contributed by atoms with Gasteiger partial charge in [-0.2, -0.15) is 0 Å². The van der Waals surface area contributed by atoms with Gasteiger partial charge in [0.25, 0.3) is 0 Å². The van der Waals surface area contributed by atoms with Gasteiger partial charge in [0.15, 0.2) is 5.96 Å². The molecule has 0 radical (unpaired) electrons. The summed E-state index contributed by atoms with van der Waals surface area (Å²) in [5.41, 5.74) is 8.59. The van der Waals surface area contributed by atoms with Crippen LogP contribution in [-0.4, -0.2) is 32.6 Å². The van der Waals surface area contributed by atoms with Crippen LogP contribution >= 0.6 is 24.0 Å². The molecule has 1 amide bonds. The first-order valence-electron chi connectivity index (χ1n) is 8.15. The Morgan fingerprint density at radius 3 is 2.48 bits per heavy atom. The minimum atomic E-state index is -0.212. The Morgan fingerprint density at radius 2 is 1.81 bits per heavy atom. The van der Waals surface area contributed by atoms with Crippen molar-refractivity contribution in [1.82, 2.24) is 5.32 Å². The molecule has 27 heavy (non-hydrogen) atoms. The zero-order valence-corrected chi connectivity index (χ0v) is 17.7. The zero-order valence-electron chi connectivity index (χ0n) is 15.4. The van der Waals surface area contributed by atoms with Crippen molar-refractivity contribution in [1.29, 1.82) is 0 Å². The maximum Gasteiger partial charge on any atom is 0.242 e. The van der Waals surface area contributed by atoms with Crippen molar-refractivity contribution in [3.63, 3.8) is 0 Å². The fourth-order valence-corrected chi connectivity index (χ4v) is 2.26. The molecule has 2 aromatic rings. The average Bonchev–Trinajstić information content (AvgIpc) is 2.67. The number of benzene rings is 2. The molecular weight excluding hydrogens is 459 g/mol. The van der Waals surface area contributed by atoms with Gasteiger partial charge in [-0.25, -0.2) is 4.99 Å². The van der Waals surface area contributed by atoms with E-state index in [0.717, 1.165) is 22.6 Å². The summed E-state index contributed by atoms with van der Waals surface area (Å²) >= 11 is 0. The minimum Gasteiger partial charge on any atom is -0.497 e. The SMILES string of the molecule is COCc1ccccc1NC(N)=NCC(=O)NCc1ccc(OC)cc1.I. The number of nitrogens with one attached hydrogen (secondary N) is 2. The lowest BCUT2D eigenvalue weighted by molar-refractivity contribution is -0.119. The summed E-state index contributed by atoms with van der Waals surface area (Å²) in [7, 11) is 3.24. The van der Waals surface area contributed by atoms with Gasteiger partial charge in [-0.3, -0.25) is 4.79 Å². The van der Waals surface area contributed by atoms with Crippen LogP contribution < -0.4 is 21.1 Å². The van der Waals surface area contributed by atoms with Gasteiger partial charge in [-0.05, 0) is 23.8 Å². The van der Waals surface area contributed by atoms with Gasteiger partial charge in [-0.15, -0.1) is 24.0 Å². The van der Waals surface area contributed by atoms with E-state index < -0.39 is 0 Å². The molecule has 0 heterocycles. The molecule has 0 saturated heterocycles. The molecule has 0 fully saturated rings. The number of nitrogens with zero attached hydrogens (tertiary/aromatic N) is 1. The Morgan fingerprint density at radius 1 is 1.11 bits per heavy atom. The van der Waals surface area contributed by atoms with Crippen LogP contribution in [0.5, 0.6) is 5.75 Å². The molecular formula is C19H25IN4O3. The number of halogens is 1. The number of carbonyl (C=O) groups excluding carboxylic acids is 1. The van der Waals surface area contributed by atoms with Gasteiger partial charge in [0.05, 0.1) is 13.7 Å². The lowest BCUT2D eigenvalue weighted by Gasteiger charge is -2.11. The van der Waals surface area contributed by atoms with Gasteiger partial charge in [0.1, 0.15) is 12.3 Å². The number of methoxy groups -OCH3 is 2. The highest BCUT2D eigenvalue weighted by Crippen LogP contribution is 2.15. The van der Waals surface area contributed by atoms with Crippen molar-refractivity contribution in [3.05, 3.63) is 59.7 Å². The van der Waals surface area contributed by atoms with Crippen LogP contribution in [0.4, 0.5) is 5.69 Å².